The van der Waals surface area contributed by atoms with Crippen LogP contribution in [0.2, 0.25) is 0 Å². The van der Waals surface area contributed by atoms with Gasteiger partial charge in [-0.25, -0.2) is 0 Å². The maximum atomic E-state index is 12.6. The van der Waals surface area contributed by atoms with E-state index in [-0.39, 0.29) is 5.92 Å². The van der Waals surface area contributed by atoms with Gasteiger partial charge in [-0.2, -0.15) is 0 Å². The minimum absolute atomic E-state index is 0.196. The fourth-order valence-electron chi connectivity index (χ4n) is 5.88. The van der Waals surface area contributed by atoms with Crippen LogP contribution in [-0.2, 0) is 14.3 Å². The van der Waals surface area contributed by atoms with E-state index in [1.165, 1.54) is 18.4 Å². The van der Waals surface area contributed by atoms with Crippen LogP contribution in [0.25, 0.3) is 0 Å². The Morgan fingerprint density at radius 1 is 1.10 bits per heavy atom. The van der Waals surface area contributed by atoms with Crippen LogP contribution in [0.3, 0.4) is 0 Å². The second-order valence-electron chi connectivity index (χ2n) is 7.42. The summed E-state index contributed by atoms with van der Waals surface area (Å²) in [6.07, 6.45) is 12.5. The molecule has 4 fully saturated rings. The van der Waals surface area contributed by atoms with E-state index >= 15 is 0 Å². The number of ether oxygens (including phenoxy) is 2. The molecule has 7 atom stereocenters. The van der Waals surface area contributed by atoms with Gasteiger partial charge in [0, 0.05) is 12.3 Å². The summed E-state index contributed by atoms with van der Waals surface area (Å²) >= 11 is 0. The molecule has 0 N–H and O–H groups in total. The Balaban J connectivity index is 1.48. The number of fused-ring (bicyclic) bond motifs is 7. The van der Waals surface area contributed by atoms with Gasteiger partial charge < -0.3 is 9.47 Å². The van der Waals surface area contributed by atoms with Gasteiger partial charge in [-0.1, -0.05) is 23.8 Å². The average molecular weight is 286 g/mol. The summed E-state index contributed by atoms with van der Waals surface area (Å²) < 4.78 is 11.6. The topological polar surface area (TPSA) is 35.5 Å². The molecule has 3 saturated carbocycles. The van der Waals surface area contributed by atoms with Gasteiger partial charge in [-0.05, 0) is 49.4 Å². The van der Waals surface area contributed by atoms with Crippen molar-refractivity contribution in [3.05, 3.63) is 23.8 Å². The molecule has 7 unspecified atom stereocenters. The predicted molar refractivity (Wildman–Crippen MR) is 77.4 cm³/mol. The summed E-state index contributed by atoms with van der Waals surface area (Å²) in [6.45, 7) is 0.476. The number of hydrogen-bond acceptors (Lipinski definition) is 3. The number of carbonyl (C=O) groups excluding carboxylic acids is 1. The van der Waals surface area contributed by atoms with Gasteiger partial charge in [0.2, 0.25) is 0 Å². The summed E-state index contributed by atoms with van der Waals surface area (Å²) in [5.74, 6) is 3.12. The van der Waals surface area contributed by atoms with Gasteiger partial charge in [0.15, 0.2) is 0 Å². The average Bonchev–Trinajstić information content (AvgIpc) is 3.08. The van der Waals surface area contributed by atoms with Crippen molar-refractivity contribution >= 4 is 5.78 Å². The SMILES string of the molecule is O=C1CC2C(CCC3C2CC2OCOC23)C2=CC=CCC12. The molecule has 0 bridgehead atoms. The Kier molecular flexibility index (Phi) is 2.72. The predicted octanol–water partition coefficient (Wildman–Crippen LogP) is 2.87. The molecule has 4 aliphatic carbocycles. The van der Waals surface area contributed by atoms with Crippen molar-refractivity contribution in [3.63, 3.8) is 0 Å². The molecule has 5 aliphatic rings. The van der Waals surface area contributed by atoms with Crippen LogP contribution in [0.15, 0.2) is 23.8 Å². The molecule has 21 heavy (non-hydrogen) atoms. The van der Waals surface area contributed by atoms with Gasteiger partial charge >= 0.3 is 0 Å². The van der Waals surface area contributed by atoms with Crippen molar-refractivity contribution < 1.29 is 14.3 Å². The monoisotopic (exact) mass is 286 g/mol. The molecule has 1 aliphatic heterocycles. The van der Waals surface area contributed by atoms with Gasteiger partial charge in [-0.3, -0.25) is 4.79 Å². The maximum Gasteiger partial charge on any atom is 0.147 e. The molecule has 5 rings (SSSR count). The first-order valence-corrected chi connectivity index (χ1v) is 8.45. The zero-order valence-corrected chi connectivity index (χ0v) is 12.2. The number of Topliss-reactive ketones (excluding diaryl/α,β-unsaturated/α-hetero) is 1. The molecule has 3 heteroatoms. The third-order valence-corrected chi connectivity index (χ3v) is 6.72. The summed E-state index contributed by atoms with van der Waals surface area (Å²) in [4.78, 5) is 12.6. The molecule has 0 aromatic rings. The zero-order chi connectivity index (χ0) is 14.0. The lowest BCUT2D eigenvalue weighted by Crippen LogP contribution is -2.44. The van der Waals surface area contributed by atoms with Crippen LogP contribution >= 0.6 is 0 Å². The number of ketones is 1. The van der Waals surface area contributed by atoms with Gasteiger partial charge in [0.25, 0.3) is 0 Å². The Morgan fingerprint density at radius 2 is 2.05 bits per heavy atom. The van der Waals surface area contributed by atoms with Crippen LogP contribution in [0.4, 0.5) is 0 Å². The maximum absolute atomic E-state index is 12.6. The van der Waals surface area contributed by atoms with Crippen molar-refractivity contribution in [2.24, 2.45) is 29.6 Å². The second-order valence-corrected chi connectivity index (χ2v) is 7.42. The minimum atomic E-state index is 0.196. The molecule has 0 amide bonds. The molecular weight excluding hydrogens is 264 g/mol. The molecule has 112 valence electrons. The Hall–Kier alpha value is -0.930. The molecule has 0 radical (unpaired) electrons. The lowest BCUT2D eigenvalue weighted by atomic mass is 9.57. The highest BCUT2D eigenvalue weighted by molar-refractivity contribution is 5.86. The van der Waals surface area contributed by atoms with E-state index < -0.39 is 0 Å². The van der Waals surface area contributed by atoms with Crippen LogP contribution in [0, 0.1) is 29.6 Å². The largest absolute Gasteiger partial charge is 0.349 e. The van der Waals surface area contributed by atoms with E-state index in [9.17, 15) is 4.79 Å². The number of rotatable bonds is 0. The lowest BCUT2D eigenvalue weighted by molar-refractivity contribution is -0.127. The van der Waals surface area contributed by atoms with Gasteiger partial charge in [0.1, 0.15) is 12.6 Å². The molecule has 0 spiro atoms. The Bertz CT molecular complexity index is 535. The Morgan fingerprint density at radius 3 is 3.00 bits per heavy atom. The molecule has 0 aromatic heterocycles. The Labute approximate surface area is 125 Å². The summed E-state index contributed by atoms with van der Waals surface area (Å²) in [5, 5.41) is 0. The summed E-state index contributed by atoms with van der Waals surface area (Å²) in [7, 11) is 0. The van der Waals surface area contributed by atoms with Crippen molar-refractivity contribution in [3.8, 4) is 0 Å². The number of allylic oxidation sites excluding steroid dienone is 4. The van der Waals surface area contributed by atoms with Crippen molar-refractivity contribution in [1.82, 2.24) is 0 Å². The minimum Gasteiger partial charge on any atom is -0.349 e. The zero-order valence-electron chi connectivity index (χ0n) is 12.2. The highest BCUT2D eigenvalue weighted by atomic mass is 16.7. The fourth-order valence-corrected chi connectivity index (χ4v) is 5.88. The van der Waals surface area contributed by atoms with Crippen LogP contribution < -0.4 is 0 Å². The highest BCUT2D eigenvalue weighted by Crippen LogP contribution is 2.57. The van der Waals surface area contributed by atoms with E-state index in [2.05, 4.69) is 18.2 Å². The summed E-state index contributed by atoms with van der Waals surface area (Å²) in [5.41, 5.74) is 1.44. The van der Waals surface area contributed by atoms with Crippen LogP contribution in [-0.4, -0.2) is 24.8 Å². The van der Waals surface area contributed by atoms with E-state index in [0.717, 1.165) is 19.3 Å². The van der Waals surface area contributed by atoms with Crippen molar-refractivity contribution in [2.45, 2.75) is 44.3 Å². The normalized spacial score (nSPS) is 51.0. The molecular formula is C18H22O3. The third-order valence-electron chi connectivity index (χ3n) is 6.72. The molecule has 1 saturated heterocycles. The second kappa shape index (κ2) is 4.53. The van der Waals surface area contributed by atoms with Crippen LogP contribution in [0.5, 0.6) is 0 Å². The van der Waals surface area contributed by atoms with Crippen molar-refractivity contribution in [1.29, 1.82) is 0 Å². The first-order valence-electron chi connectivity index (χ1n) is 8.45. The molecule has 0 aromatic carbocycles. The lowest BCUT2D eigenvalue weighted by Gasteiger charge is -2.47. The molecule has 1 heterocycles. The first-order chi connectivity index (χ1) is 10.3. The fraction of sp³-hybridized carbons (Fsp3) is 0.722. The third kappa shape index (κ3) is 1.71. The van der Waals surface area contributed by atoms with Gasteiger partial charge in [0.05, 0.1) is 12.2 Å². The summed E-state index contributed by atoms with van der Waals surface area (Å²) in [6, 6.07) is 0. The van der Waals surface area contributed by atoms with E-state index in [1.54, 1.807) is 0 Å². The van der Waals surface area contributed by atoms with E-state index in [4.69, 9.17) is 9.47 Å². The van der Waals surface area contributed by atoms with E-state index in [0.29, 0.717) is 48.5 Å². The quantitative estimate of drug-likeness (QED) is 0.687. The number of hydrogen-bond donors (Lipinski definition) is 0. The standard InChI is InChI=1S/C18H22O3/c19-16-7-14-11(10-3-1-2-4-12(10)16)5-6-13-15(14)8-17-18(13)21-9-20-17/h1-3,11-15,17-18H,4-9H2. The smallest absolute Gasteiger partial charge is 0.147 e. The van der Waals surface area contributed by atoms with Crippen LogP contribution in [0.1, 0.15) is 32.1 Å². The molecule has 3 nitrogen and oxygen atoms in total. The van der Waals surface area contributed by atoms with Crippen molar-refractivity contribution in [2.75, 3.05) is 6.79 Å². The first kappa shape index (κ1) is 12.6. The van der Waals surface area contributed by atoms with Gasteiger partial charge in [-0.15, -0.1) is 0 Å². The van der Waals surface area contributed by atoms with E-state index in [1.807, 2.05) is 0 Å². The highest BCUT2D eigenvalue weighted by Gasteiger charge is 2.56. The number of carbonyl (C=O) groups is 1.